The number of nitrogens with one attached hydrogen (secondary N) is 1. The van der Waals surface area contributed by atoms with E-state index in [0.717, 1.165) is 37.2 Å². The molecule has 0 radical (unpaired) electrons. The fraction of sp³-hybridized carbons (Fsp3) is 0.333. The number of para-hydroxylation sites is 1. The molecule has 2 aromatic rings. The summed E-state index contributed by atoms with van der Waals surface area (Å²) in [4.78, 5) is 27.0. The lowest BCUT2D eigenvalue weighted by molar-refractivity contribution is 0.0793. The first-order chi connectivity index (χ1) is 12.1. The van der Waals surface area contributed by atoms with Crippen LogP contribution < -0.4 is 5.32 Å². The van der Waals surface area contributed by atoms with E-state index < -0.39 is 0 Å². The molecule has 0 atom stereocenters. The Morgan fingerprint density at radius 2 is 1.64 bits per heavy atom. The molecule has 0 aromatic heterocycles. The quantitative estimate of drug-likeness (QED) is 0.905. The summed E-state index contributed by atoms with van der Waals surface area (Å²) in [5.41, 5.74) is 2.99. The topological polar surface area (TPSA) is 49.4 Å². The maximum atomic E-state index is 12.6. The van der Waals surface area contributed by atoms with Crippen LogP contribution in [0.4, 0.5) is 5.69 Å². The van der Waals surface area contributed by atoms with Gasteiger partial charge in [0.2, 0.25) is 0 Å². The van der Waals surface area contributed by atoms with Crippen molar-refractivity contribution in [2.75, 3.05) is 18.4 Å². The van der Waals surface area contributed by atoms with Crippen molar-refractivity contribution in [1.82, 2.24) is 4.90 Å². The largest absolute Gasteiger partial charge is 0.339 e. The summed E-state index contributed by atoms with van der Waals surface area (Å²) in [6, 6.07) is 14.8. The van der Waals surface area contributed by atoms with Crippen LogP contribution in [0.5, 0.6) is 0 Å². The van der Waals surface area contributed by atoms with E-state index >= 15 is 0 Å². The van der Waals surface area contributed by atoms with Gasteiger partial charge in [-0.2, -0.15) is 0 Å². The van der Waals surface area contributed by atoms with Gasteiger partial charge in [0.25, 0.3) is 11.8 Å². The summed E-state index contributed by atoms with van der Waals surface area (Å²) in [5.74, 6) is 0.137. The van der Waals surface area contributed by atoms with Crippen LogP contribution in [0.15, 0.2) is 48.5 Å². The molecule has 1 saturated heterocycles. The second kappa shape index (κ2) is 7.51. The summed E-state index contributed by atoms with van der Waals surface area (Å²) in [6.45, 7) is 5.80. The number of rotatable bonds is 4. The number of likely N-dealkylation sites (tertiary alicyclic amines) is 1. The Morgan fingerprint density at radius 3 is 2.36 bits per heavy atom. The molecule has 1 aliphatic rings. The fourth-order valence-corrected chi connectivity index (χ4v) is 3.21. The number of anilines is 1. The van der Waals surface area contributed by atoms with E-state index in [9.17, 15) is 9.59 Å². The average molecular weight is 336 g/mol. The molecule has 1 N–H and O–H groups in total. The zero-order valence-electron chi connectivity index (χ0n) is 14.8. The number of nitrogens with zero attached hydrogens (tertiary/aromatic N) is 1. The van der Waals surface area contributed by atoms with Crippen molar-refractivity contribution in [3.8, 4) is 0 Å². The number of benzene rings is 2. The Kier molecular flexibility index (Phi) is 5.17. The molecule has 1 heterocycles. The molecule has 2 aromatic carbocycles. The molecule has 3 rings (SSSR count). The van der Waals surface area contributed by atoms with Crippen LogP contribution in [-0.4, -0.2) is 29.8 Å². The highest BCUT2D eigenvalue weighted by molar-refractivity contribution is 6.06. The maximum absolute atomic E-state index is 12.6. The van der Waals surface area contributed by atoms with Gasteiger partial charge in [0.05, 0.1) is 0 Å². The van der Waals surface area contributed by atoms with E-state index in [1.165, 1.54) is 0 Å². The monoisotopic (exact) mass is 336 g/mol. The summed E-state index contributed by atoms with van der Waals surface area (Å²) < 4.78 is 0. The standard InChI is InChI=1S/C21H24N2O2/c1-15(2)18-10-3-4-11-19(18)22-20(24)16-8-7-9-17(14-16)21(25)23-12-5-6-13-23/h3-4,7-11,14-15H,5-6,12-13H2,1-2H3,(H,22,24). The SMILES string of the molecule is CC(C)c1ccccc1NC(=O)c1cccc(C(=O)N2CCCC2)c1. The number of amides is 2. The minimum atomic E-state index is -0.191. The molecule has 130 valence electrons. The van der Waals surface area contributed by atoms with E-state index in [1.54, 1.807) is 24.3 Å². The van der Waals surface area contributed by atoms with Crippen molar-refractivity contribution in [2.24, 2.45) is 0 Å². The number of carbonyl (C=O) groups excluding carboxylic acids is 2. The Morgan fingerprint density at radius 1 is 0.960 bits per heavy atom. The molecule has 25 heavy (non-hydrogen) atoms. The summed E-state index contributed by atoms with van der Waals surface area (Å²) in [5, 5.41) is 2.98. The lowest BCUT2D eigenvalue weighted by atomic mass is 10.0. The van der Waals surface area contributed by atoms with Gasteiger partial charge >= 0.3 is 0 Å². The van der Waals surface area contributed by atoms with Crippen LogP contribution in [0, 0.1) is 0 Å². The fourth-order valence-electron chi connectivity index (χ4n) is 3.21. The van der Waals surface area contributed by atoms with E-state index in [-0.39, 0.29) is 11.8 Å². The van der Waals surface area contributed by atoms with Gasteiger partial charge in [-0.25, -0.2) is 0 Å². The van der Waals surface area contributed by atoms with Crippen molar-refractivity contribution in [1.29, 1.82) is 0 Å². The van der Waals surface area contributed by atoms with E-state index in [4.69, 9.17) is 0 Å². The predicted octanol–water partition coefficient (Wildman–Crippen LogP) is 4.30. The Labute approximate surface area is 148 Å². The molecule has 0 spiro atoms. The smallest absolute Gasteiger partial charge is 0.255 e. The van der Waals surface area contributed by atoms with Crippen molar-refractivity contribution in [2.45, 2.75) is 32.6 Å². The van der Waals surface area contributed by atoms with Gasteiger partial charge in [0, 0.05) is 29.9 Å². The lowest BCUT2D eigenvalue weighted by Crippen LogP contribution is -2.27. The number of carbonyl (C=O) groups is 2. The van der Waals surface area contributed by atoms with Crippen LogP contribution in [0.2, 0.25) is 0 Å². The van der Waals surface area contributed by atoms with Crippen LogP contribution >= 0.6 is 0 Å². The zero-order valence-corrected chi connectivity index (χ0v) is 14.8. The molecule has 4 nitrogen and oxygen atoms in total. The number of hydrogen-bond acceptors (Lipinski definition) is 2. The number of hydrogen-bond donors (Lipinski definition) is 1. The van der Waals surface area contributed by atoms with Gasteiger partial charge in [-0.1, -0.05) is 38.1 Å². The van der Waals surface area contributed by atoms with Crippen LogP contribution in [0.1, 0.15) is 58.9 Å². The van der Waals surface area contributed by atoms with Gasteiger partial charge in [-0.3, -0.25) is 9.59 Å². The highest BCUT2D eigenvalue weighted by Gasteiger charge is 2.20. The second-order valence-corrected chi connectivity index (χ2v) is 6.78. The first kappa shape index (κ1) is 17.2. The first-order valence-corrected chi connectivity index (χ1v) is 8.86. The third-order valence-electron chi connectivity index (χ3n) is 4.60. The average Bonchev–Trinajstić information content (AvgIpc) is 3.16. The van der Waals surface area contributed by atoms with Crippen molar-refractivity contribution < 1.29 is 9.59 Å². The minimum Gasteiger partial charge on any atom is -0.339 e. The van der Waals surface area contributed by atoms with Gasteiger partial charge in [-0.15, -0.1) is 0 Å². The molecule has 2 amide bonds. The van der Waals surface area contributed by atoms with Gasteiger partial charge in [0.1, 0.15) is 0 Å². The molecule has 0 aliphatic carbocycles. The predicted molar refractivity (Wildman–Crippen MR) is 100 cm³/mol. The zero-order chi connectivity index (χ0) is 17.8. The van der Waals surface area contributed by atoms with E-state index in [0.29, 0.717) is 17.0 Å². The third-order valence-corrected chi connectivity index (χ3v) is 4.60. The summed E-state index contributed by atoms with van der Waals surface area (Å²) in [7, 11) is 0. The molecule has 1 aliphatic heterocycles. The highest BCUT2D eigenvalue weighted by atomic mass is 16.2. The Hall–Kier alpha value is -2.62. The van der Waals surface area contributed by atoms with Crippen molar-refractivity contribution >= 4 is 17.5 Å². The Balaban J connectivity index is 1.79. The first-order valence-electron chi connectivity index (χ1n) is 8.86. The van der Waals surface area contributed by atoms with Crippen LogP contribution in [0.25, 0.3) is 0 Å². The molecule has 1 fully saturated rings. The molecule has 4 heteroatoms. The second-order valence-electron chi connectivity index (χ2n) is 6.78. The van der Waals surface area contributed by atoms with Crippen molar-refractivity contribution in [3.63, 3.8) is 0 Å². The maximum Gasteiger partial charge on any atom is 0.255 e. The van der Waals surface area contributed by atoms with Crippen LogP contribution in [0.3, 0.4) is 0 Å². The summed E-state index contributed by atoms with van der Waals surface area (Å²) in [6.07, 6.45) is 2.11. The molecule has 0 saturated carbocycles. The van der Waals surface area contributed by atoms with Gasteiger partial charge in [0.15, 0.2) is 0 Å². The van der Waals surface area contributed by atoms with Gasteiger partial charge in [-0.05, 0) is 48.6 Å². The van der Waals surface area contributed by atoms with E-state index in [1.807, 2.05) is 29.2 Å². The van der Waals surface area contributed by atoms with E-state index in [2.05, 4.69) is 19.2 Å². The summed E-state index contributed by atoms with van der Waals surface area (Å²) >= 11 is 0. The Bertz CT molecular complexity index is 777. The normalized spacial score (nSPS) is 14.0. The van der Waals surface area contributed by atoms with Gasteiger partial charge < -0.3 is 10.2 Å². The third kappa shape index (κ3) is 3.90. The highest BCUT2D eigenvalue weighted by Crippen LogP contribution is 2.24. The van der Waals surface area contributed by atoms with Crippen molar-refractivity contribution in [3.05, 3.63) is 65.2 Å². The molecular formula is C21H24N2O2. The molecule has 0 bridgehead atoms. The molecular weight excluding hydrogens is 312 g/mol. The van der Waals surface area contributed by atoms with Crippen LogP contribution in [-0.2, 0) is 0 Å². The molecule has 0 unspecified atom stereocenters. The minimum absolute atomic E-state index is 0.00901. The lowest BCUT2D eigenvalue weighted by Gasteiger charge is -2.16.